The van der Waals surface area contributed by atoms with Crippen LogP contribution in [0.1, 0.15) is 33.9 Å². The lowest BCUT2D eigenvalue weighted by molar-refractivity contribution is -0.164. The molecule has 29 heavy (non-hydrogen) atoms. The van der Waals surface area contributed by atoms with Gasteiger partial charge < -0.3 is 19.5 Å². The van der Waals surface area contributed by atoms with Crippen molar-refractivity contribution in [2.24, 2.45) is 0 Å². The summed E-state index contributed by atoms with van der Waals surface area (Å²) in [6, 6.07) is 1.63. The smallest absolute Gasteiger partial charge is 0.303 e. The second kappa shape index (κ2) is 8.55. The lowest BCUT2D eigenvalue weighted by Crippen LogP contribution is -2.36. The van der Waals surface area contributed by atoms with Crippen molar-refractivity contribution >= 4 is 63.7 Å². The number of carbonyl (C=O) groups is 2. The molecule has 0 radical (unpaired) electrons. The van der Waals surface area contributed by atoms with Crippen LogP contribution in [0.2, 0.25) is 15.1 Å². The van der Waals surface area contributed by atoms with Gasteiger partial charge in [0.1, 0.15) is 5.52 Å². The number of hydrogen-bond donors (Lipinski definition) is 1. The zero-order chi connectivity index (χ0) is 21.5. The summed E-state index contributed by atoms with van der Waals surface area (Å²) < 4.78 is 18.3. The summed E-state index contributed by atoms with van der Waals surface area (Å²) in [5.41, 5.74) is 0.934. The molecule has 0 unspecified atom stereocenters. The fraction of sp³-hybridized carbons (Fsp3) is 0.500. The van der Waals surface area contributed by atoms with E-state index in [9.17, 15) is 9.59 Å². The number of nitrogens with zero attached hydrogens (tertiary/aromatic N) is 2. The van der Waals surface area contributed by atoms with Crippen LogP contribution in [-0.4, -0.2) is 46.3 Å². The highest BCUT2D eigenvalue weighted by Gasteiger charge is 2.45. The molecule has 3 atom stereocenters. The number of carbonyl (C=O) groups excluding carboxylic acids is 2. The first-order valence-corrected chi connectivity index (χ1v) is 10.0. The van der Waals surface area contributed by atoms with Gasteiger partial charge >= 0.3 is 11.9 Å². The van der Waals surface area contributed by atoms with E-state index in [1.807, 2.05) is 13.8 Å². The third-order valence-corrected chi connectivity index (χ3v) is 5.44. The van der Waals surface area contributed by atoms with Crippen molar-refractivity contribution in [1.29, 1.82) is 0 Å². The Morgan fingerprint density at radius 2 is 1.86 bits per heavy atom. The quantitative estimate of drug-likeness (QED) is 0.523. The van der Waals surface area contributed by atoms with Crippen LogP contribution in [-0.2, 0) is 23.8 Å². The maximum absolute atomic E-state index is 11.7. The first-order valence-electron chi connectivity index (χ1n) is 8.88. The molecule has 2 heterocycles. The molecule has 0 bridgehead atoms. The molecule has 0 saturated carbocycles. The Hall–Kier alpha value is -1.74. The number of benzene rings is 1. The second-order valence-corrected chi connectivity index (χ2v) is 8.07. The first kappa shape index (κ1) is 22.0. The van der Waals surface area contributed by atoms with Gasteiger partial charge in [0, 0.05) is 19.9 Å². The lowest BCUT2D eigenvalue weighted by atomic mass is 10.2. The summed E-state index contributed by atoms with van der Waals surface area (Å²) in [5, 5.41) is 3.83. The van der Waals surface area contributed by atoms with E-state index in [1.165, 1.54) is 13.8 Å². The highest BCUT2D eigenvalue weighted by Crippen LogP contribution is 2.41. The van der Waals surface area contributed by atoms with Gasteiger partial charge in [-0.05, 0) is 19.9 Å². The van der Waals surface area contributed by atoms with Gasteiger partial charge in [-0.25, -0.2) is 4.98 Å². The number of ether oxygens (including phenoxy) is 3. The van der Waals surface area contributed by atoms with Crippen LogP contribution in [0.15, 0.2) is 6.07 Å². The predicted octanol–water partition coefficient (Wildman–Crippen LogP) is 4.21. The highest BCUT2D eigenvalue weighted by atomic mass is 35.5. The summed E-state index contributed by atoms with van der Waals surface area (Å²) in [4.78, 5) is 27.7. The molecular formula is C18H20Cl3N3O5. The number of anilines is 1. The minimum atomic E-state index is -0.894. The molecule has 1 aromatic carbocycles. The number of halogens is 3. The van der Waals surface area contributed by atoms with E-state index in [4.69, 9.17) is 49.0 Å². The fourth-order valence-corrected chi connectivity index (χ4v) is 3.81. The molecule has 0 aliphatic carbocycles. The standard InChI is InChI=1S/C18H20Cl3N3O5/c1-7(2)22-18-23-15-11(5-10(19)13(20)14(15)21)24(18)17-16(29-9(4)26)12(6-27-17)28-8(3)25/h5,7,12,16-17H,6H2,1-4H3,(H,22,23)/t12-,16-,17-/m0/s1. The monoisotopic (exact) mass is 463 g/mol. The fourth-order valence-electron chi connectivity index (χ4n) is 3.18. The maximum Gasteiger partial charge on any atom is 0.303 e. The average Bonchev–Trinajstić information content (AvgIpc) is 3.13. The minimum Gasteiger partial charge on any atom is -0.456 e. The third-order valence-electron chi connectivity index (χ3n) is 4.19. The Labute approximate surface area is 182 Å². The number of fused-ring (bicyclic) bond motifs is 1. The summed E-state index contributed by atoms with van der Waals surface area (Å²) >= 11 is 18.8. The number of aromatic nitrogens is 2. The van der Waals surface area contributed by atoms with Crippen molar-refractivity contribution in [3.8, 4) is 0 Å². The van der Waals surface area contributed by atoms with Crippen LogP contribution < -0.4 is 5.32 Å². The van der Waals surface area contributed by atoms with Gasteiger partial charge in [0.15, 0.2) is 18.4 Å². The molecular weight excluding hydrogens is 445 g/mol. The SMILES string of the molecule is CC(=O)O[C@H]1[C@@H](OC(C)=O)CO[C@@H]1n1c(NC(C)C)nc2c(Cl)c(Cl)c(Cl)cc21. The molecule has 0 spiro atoms. The van der Waals surface area contributed by atoms with E-state index < -0.39 is 30.4 Å². The molecule has 8 nitrogen and oxygen atoms in total. The van der Waals surface area contributed by atoms with Crippen LogP contribution in [0.5, 0.6) is 0 Å². The van der Waals surface area contributed by atoms with Gasteiger partial charge in [-0.3, -0.25) is 14.2 Å². The Morgan fingerprint density at radius 3 is 2.45 bits per heavy atom. The number of hydrogen-bond acceptors (Lipinski definition) is 7. The summed E-state index contributed by atoms with van der Waals surface area (Å²) in [6.07, 6.45) is -2.50. The Bertz CT molecular complexity index is 962. The Balaban J connectivity index is 2.17. The van der Waals surface area contributed by atoms with Crippen LogP contribution in [0.3, 0.4) is 0 Å². The second-order valence-electron chi connectivity index (χ2n) is 6.90. The van der Waals surface area contributed by atoms with Gasteiger partial charge in [-0.2, -0.15) is 0 Å². The number of rotatable bonds is 5. The zero-order valence-electron chi connectivity index (χ0n) is 16.2. The van der Waals surface area contributed by atoms with Crippen LogP contribution in [0.4, 0.5) is 5.95 Å². The third kappa shape index (κ3) is 4.40. The van der Waals surface area contributed by atoms with Gasteiger partial charge in [0.25, 0.3) is 0 Å². The lowest BCUT2D eigenvalue weighted by Gasteiger charge is -2.25. The van der Waals surface area contributed by atoms with Gasteiger partial charge in [0.05, 0.1) is 27.2 Å². The number of esters is 2. The first-order chi connectivity index (χ1) is 13.6. The van der Waals surface area contributed by atoms with E-state index in [0.717, 1.165) is 0 Å². The van der Waals surface area contributed by atoms with Crippen molar-refractivity contribution in [2.75, 3.05) is 11.9 Å². The van der Waals surface area contributed by atoms with E-state index in [1.54, 1.807) is 10.6 Å². The minimum absolute atomic E-state index is 0.0214. The zero-order valence-corrected chi connectivity index (χ0v) is 18.4. The van der Waals surface area contributed by atoms with Crippen LogP contribution >= 0.6 is 34.8 Å². The maximum atomic E-state index is 11.7. The average molecular weight is 465 g/mol. The van der Waals surface area contributed by atoms with Crippen molar-refractivity contribution < 1.29 is 23.8 Å². The normalized spacial score (nSPS) is 21.6. The summed E-state index contributed by atoms with van der Waals surface area (Å²) in [5.74, 6) is -0.629. The highest BCUT2D eigenvalue weighted by molar-refractivity contribution is 6.50. The van der Waals surface area contributed by atoms with Crippen molar-refractivity contribution in [3.63, 3.8) is 0 Å². The van der Waals surface area contributed by atoms with Crippen molar-refractivity contribution in [2.45, 2.75) is 52.2 Å². The number of nitrogens with one attached hydrogen (secondary N) is 1. The van der Waals surface area contributed by atoms with E-state index in [2.05, 4.69) is 10.3 Å². The van der Waals surface area contributed by atoms with Crippen LogP contribution in [0.25, 0.3) is 11.0 Å². The van der Waals surface area contributed by atoms with Crippen LogP contribution in [0, 0.1) is 0 Å². The topological polar surface area (TPSA) is 91.7 Å². The van der Waals surface area contributed by atoms with E-state index >= 15 is 0 Å². The van der Waals surface area contributed by atoms with E-state index in [0.29, 0.717) is 17.0 Å². The van der Waals surface area contributed by atoms with E-state index in [-0.39, 0.29) is 27.7 Å². The number of imidazole rings is 1. The van der Waals surface area contributed by atoms with Gasteiger partial charge in [0.2, 0.25) is 5.95 Å². The molecule has 158 valence electrons. The molecule has 1 saturated heterocycles. The molecule has 1 fully saturated rings. The molecule has 11 heteroatoms. The predicted molar refractivity (Wildman–Crippen MR) is 110 cm³/mol. The molecule has 3 rings (SSSR count). The molecule has 1 aliphatic rings. The molecule has 0 amide bonds. The van der Waals surface area contributed by atoms with Gasteiger partial charge in [-0.15, -0.1) is 0 Å². The molecule has 1 aliphatic heterocycles. The molecule has 1 N–H and O–H groups in total. The molecule has 1 aromatic heterocycles. The van der Waals surface area contributed by atoms with Crippen molar-refractivity contribution in [3.05, 3.63) is 21.1 Å². The Kier molecular flexibility index (Phi) is 6.48. The summed E-state index contributed by atoms with van der Waals surface area (Å²) in [7, 11) is 0. The summed E-state index contributed by atoms with van der Waals surface area (Å²) in [6.45, 7) is 6.46. The van der Waals surface area contributed by atoms with Gasteiger partial charge in [-0.1, -0.05) is 34.8 Å². The molecule has 2 aromatic rings. The largest absolute Gasteiger partial charge is 0.456 e. The van der Waals surface area contributed by atoms with Crippen molar-refractivity contribution in [1.82, 2.24) is 9.55 Å². The Morgan fingerprint density at radius 1 is 1.21 bits per heavy atom.